The van der Waals surface area contributed by atoms with E-state index < -0.39 is 18.4 Å². The zero-order valence-corrected chi connectivity index (χ0v) is 72.2. The van der Waals surface area contributed by atoms with Crippen LogP contribution >= 0.6 is 0 Å². The van der Waals surface area contributed by atoms with E-state index in [1.165, 1.54) is 475 Å². The molecule has 0 aliphatic carbocycles. The molecule has 0 spiro atoms. The highest BCUT2D eigenvalue weighted by molar-refractivity contribution is 5.71. The molecule has 0 bridgehead atoms. The van der Waals surface area contributed by atoms with Gasteiger partial charge in [0.1, 0.15) is 13.2 Å². The van der Waals surface area contributed by atoms with E-state index in [-0.39, 0.29) is 38.2 Å². The molecule has 0 radical (unpaired) electrons. The number of carboxylic acids is 1. The molecule has 2 atom stereocenters. The van der Waals surface area contributed by atoms with Gasteiger partial charge in [0.15, 0.2) is 6.10 Å². The van der Waals surface area contributed by atoms with Crippen LogP contribution < -0.4 is 0 Å². The van der Waals surface area contributed by atoms with Crippen LogP contribution in [0.2, 0.25) is 0 Å². The number of hydrogen-bond donors (Lipinski definition) is 1. The van der Waals surface area contributed by atoms with Crippen LogP contribution in [0.4, 0.5) is 0 Å². The average Bonchev–Trinajstić information content (AvgIpc) is 1.18. The maximum Gasteiger partial charge on any atom is 0.361 e. The summed E-state index contributed by atoms with van der Waals surface area (Å²) in [6.07, 6.45) is 109. The molecule has 0 heterocycles. The molecule has 0 aliphatic rings. The summed E-state index contributed by atoms with van der Waals surface area (Å²) in [6.45, 7) is 5.00. The number of hydrogen-bond acceptors (Lipinski definition) is 7. The summed E-state index contributed by atoms with van der Waals surface area (Å²) in [5.41, 5.74) is 0. The van der Waals surface area contributed by atoms with E-state index in [0.717, 1.165) is 38.5 Å². The topological polar surface area (TPSA) is 108 Å². The smallest absolute Gasteiger partial charge is 0.361 e. The monoisotopic (exact) mass is 1490 g/mol. The molecule has 2 unspecified atom stereocenters. The van der Waals surface area contributed by atoms with Crippen molar-refractivity contribution in [3.05, 3.63) is 0 Å². The maximum atomic E-state index is 13.0. The number of likely N-dealkylation sites (N-methyl/N-ethyl adjacent to an activating group) is 1. The van der Waals surface area contributed by atoms with Crippen LogP contribution in [-0.4, -0.2) is 87.4 Å². The molecule has 0 amide bonds. The lowest BCUT2D eigenvalue weighted by Crippen LogP contribution is -2.40. The summed E-state index contributed by atoms with van der Waals surface area (Å²) in [5, 5.41) is 9.80. The molecule has 0 saturated carbocycles. The highest BCUT2D eigenvalue weighted by Gasteiger charge is 2.25. The van der Waals surface area contributed by atoms with Crippen LogP contribution in [0.1, 0.15) is 540 Å². The fourth-order valence-electron chi connectivity index (χ4n) is 15.6. The molecule has 0 aromatic heterocycles. The minimum atomic E-state index is -1.51. The van der Waals surface area contributed by atoms with E-state index in [0.29, 0.717) is 17.4 Å². The standard InChI is InChI=1S/C96H189NO8/c1-6-8-10-12-14-16-18-20-22-24-26-28-30-32-34-36-38-40-42-44-46-47-49-51-53-55-57-59-61-63-65-67-69-71-73-75-77-79-81-83-85-87-94(99)105-92(91-104-96(95(100)101)102-89-88-97(3,4)5)90-103-93(98)86-84-82-80-78-76-74-72-70-68-66-64-62-60-58-56-54-52-50-48-45-43-41-39-37-35-33-31-29-27-25-23-21-19-17-15-13-11-9-7-2/h92,96H,6-91H2,1-5H3/p+1. The second-order valence-electron chi connectivity index (χ2n) is 34.8. The van der Waals surface area contributed by atoms with Crippen molar-refractivity contribution < 1.29 is 42.9 Å². The van der Waals surface area contributed by atoms with Crippen LogP contribution in [-0.2, 0) is 33.3 Å². The second kappa shape index (κ2) is 87.9. The zero-order valence-electron chi connectivity index (χ0n) is 72.2. The zero-order chi connectivity index (χ0) is 76.0. The average molecular weight is 1490 g/mol. The lowest BCUT2D eigenvalue weighted by Gasteiger charge is -2.25. The number of rotatable bonds is 93. The predicted octanol–water partition coefficient (Wildman–Crippen LogP) is 31.6. The molecule has 9 nitrogen and oxygen atoms in total. The number of carbonyl (C=O) groups is 3. The van der Waals surface area contributed by atoms with Gasteiger partial charge in [0.25, 0.3) is 6.29 Å². The molecule has 0 aromatic carbocycles. The van der Waals surface area contributed by atoms with Crippen molar-refractivity contribution in [2.45, 2.75) is 553 Å². The largest absolute Gasteiger partial charge is 0.477 e. The number of carbonyl (C=O) groups excluding carboxylic acids is 2. The molecule has 0 rings (SSSR count). The van der Waals surface area contributed by atoms with Crippen LogP contribution in [0.3, 0.4) is 0 Å². The Balaban J connectivity index is 3.83. The van der Waals surface area contributed by atoms with Gasteiger partial charge in [0, 0.05) is 12.8 Å². The Kier molecular flexibility index (Phi) is 86.4. The van der Waals surface area contributed by atoms with Gasteiger partial charge in [-0.25, -0.2) is 4.79 Å². The Morgan fingerprint density at radius 1 is 0.248 bits per heavy atom. The van der Waals surface area contributed by atoms with Gasteiger partial charge in [0.2, 0.25) is 0 Å². The Bertz CT molecular complexity index is 1680. The number of quaternary nitrogens is 1. The van der Waals surface area contributed by atoms with Crippen molar-refractivity contribution in [1.29, 1.82) is 0 Å². The third-order valence-electron chi connectivity index (χ3n) is 22.9. The van der Waals surface area contributed by atoms with Gasteiger partial charge < -0.3 is 28.5 Å². The predicted molar refractivity (Wildman–Crippen MR) is 457 cm³/mol. The molecule has 626 valence electrons. The normalized spacial score (nSPS) is 12.4. The molecule has 0 aliphatic heterocycles. The quantitative estimate of drug-likeness (QED) is 0.0278. The highest BCUT2D eigenvalue weighted by atomic mass is 16.7. The fourth-order valence-corrected chi connectivity index (χ4v) is 15.6. The molecular formula is C96H190NO8+. The molecule has 105 heavy (non-hydrogen) atoms. The van der Waals surface area contributed by atoms with Gasteiger partial charge in [-0.15, -0.1) is 0 Å². The van der Waals surface area contributed by atoms with E-state index in [4.69, 9.17) is 18.9 Å². The first kappa shape index (κ1) is 103. The Morgan fingerprint density at radius 2 is 0.429 bits per heavy atom. The number of aliphatic carboxylic acids is 1. The van der Waals surface area contributed by atoms with Crippen LogP contribution in [0, 0.1) is 0 Å². The minimum Gasteiger partial charge on any atom is -0.477 e. The van der Waals surface area contributed by atoms with E-state index in [2.05, 4.69) is 13.8 Å². The van der Waals surface area contributed by atoms with Gasteiger partial charge in [-0.1, -0.05) is 515 Å². The lowest BCUT2D eigenvalue weighted by atomic mass is 10.0. The lowest BCUT2D eigenvalue weighted by molar-refractivity contribution is -0.870. The first-order valence-electron chi connectivity index (χ1n) is 48.2. The van der Waals surface area contributed by atoms with E-state index in [9.17, 15) is 19.5 Å². The van der Waals surface area contributed by atoms with Crippen molar-refractivity contribution in [3.63, 3.8) is 0 Å². The van der Waals surface area contributed by atoms with E-state index >= 15 is 0 Å². The Hall–Kier alpha value is -1.71. The summed E-state index contributed by atoms with van der Waals surface area (Å²) < 4.78 is 23.1. The van der Waals surface area contributed by atoms with Gasteiger partial charge in [0.05, 0.1) is 34.4 Å². The molecule has 0 aromatic rings. The first-order valence-corrected chi connectivity index (χ1v) is 48.2. The fraction of sp³-hybridized carbons (Fsp3) is 0.969. The van der Waals surface area contributed by atoms with Crippen molar-refractivity contribution in [2.24, 2.45) is 0 Å². The first-order chi connectivity index (χ1) is 51.6. The third-order valence-corrected chi connectivity index (χ3v) is 22.9. The minimum absolute atomic E-state index is 0.171. The number of carboxylic acid groups (broad SMARTS) is 1. The number of ether oxygens (including phenoxy) is 4. The third kappa shape index (κ3) is 89.4. The summed E-state index contributed by atoms with van der Waals surface area (Å²) in [6, 6.07) is 0. The van der Waals surface area contributed by atoms with Crippen molar-refractivity contribution in [3.8, 4) is 0 Å². The number of esters is 2. The summed E-state index contributed by atoms with van der Waals surface area (Å²) in [4.78, 5) is 37.9. The summed E-state index contributed by atoms with van der Waals surface area (Å²) in [5.74, 6) is -1.96. The number of nitrogens with zero attached hydrogens (tertiary/aromatic N) is 1. The molecule has 0 fully saturated rings. The van der Waals surface area contributed by atoms with Crippen molar-refractivity contribution >= 4 is 17.9 Å². The van der Waals surface area contributed by atoms with Crippen molar-refractivity contribution in [2.75, 3.05) is 47.5 Å². The van der Waals surface area contributed by atoms with Gasteiger partial charge in [-0.05, 0) is 12.8 Å². The second-order valence-corrected chi connectivity index (χ2v) is 34.8. The van der Waals surface area contributed by atoms with E-state index in [1.807, 2.05) is 21.1 Å². The molecule has 9 heteroatoms. The summed E-state index contributed by atoms with van der Waals surface area (Å²) >= 11 is 0. The molecular weight excluding hydrogens is 1300 g/mol. The summed E-state index contributed by atoms with van der Waals surface area (Å²) in [7, 11) is 6.01. The Morgan fingerprint density at radius 3 is 0.610 bits per heavy atom. The SMILES string of the molecule is CCCCCCCCCCCCCCCCCCCCCCCCCCCCCCCCCCCCCCCCCCCC(=O)OC(COC(=O)CCCCCCCCCCCCCCCCCCCCCCCCCCCCCCCCCCCCCCCCC)COC(OCC[N+](C)(C)C)C(=O)O. The number of unbranched alkanes of at least 4 members (excludes halogenated alkanes) is 78. The highest BCUT2D eigenvalue weighted by Crippen LogP contribution is 2.23. The van der Waals surface area contributed by atoms with Crippen LogP contribution in [0.25, 0.3) is 0 Å². The van der Waals surface area contributed by atoms with Crippen LogP contribution in [0.5, 0.6) is 0 Å². The van der Waals surface area contributed by atoms with Gasteiger partial charge in [-0.2, -0.15) is 0 Å². The molecule has 0 saturated heterocycles. The van der Waals surface area contributed by atoms with E-state index in [1.54, 1.807) is 0 Å². The Labute approximate surface area is 657 Å². The van der Waals surface area contributed by atoms with Gasteiger partial charge >= 0.3 is 17.9 Å². The van der Waals surface area contributed by atoms with Crippen molar-refractivity contribution in [1.82, 2.24) is 0 Å². The molecule has 1 N–H and O–H groups in total. The van der Waals surface area contributed by atoms with Crippen LogP contribution in [0.15, 0.2) is 0 Å². The van der Waals surface area contributed by atoms with Gasteiger partial charge in [-0.3, -0.25) is 9.59 Å². The maximum absolute atomic E-state index is 13.0.